The van der Waals surface area contributed by atoms with Crippen molar-refractivity contribution >= 4 is 6.08 Å². The van der Waals surface area contributed by atoms with Crippen molar-refractivity contribution in [1.29, 1.82) is 0 Å². The van der Waals surface area contributed by atoms with Crippen molar-refractivity contribution in [3.8, 4) is 0 Å². The summed E-state index contributed by atoms with van der Waals surface area (Å²) >= 11 is 0. The highest BCUT2D eigenvalue weighted by molar-refractivity contribution is 5.68. The lowest BCUT2D eigenvalue weighted by molar-refractivity contribution is 0.271. The van der Waals surface area contributed by atoms with Gasteiger partial charge in [-0.25, -0.2) is 0 Å². The molecule has 0 heteroatoms. The zero-order valence-corrected chi connectivity index (χ0v) is 15.1. The standard InChI is InChI=1S/C23H30/c1-5-6-7-10-18-14-13-17(2)20-15-16-21(22(18)20)23(3,4)19-11-8-9-12-19/h8-9,11-16,19,21H,5-7,10H2,1-4H3. The van der Waals surface area contributed by atoms with Crippen molar-refractivity contribution in [2.24, 2.45) is 11.3 Å². The lowest BCUT2D eigenvalue weighted by atomic mass is 9.67. The molecule has 0 spiro atoms. The normalized spacial score (nSPS) is 19.7. The summed E-state index contributed by atoms with van der Waals surface area (Å²) in [5, 5.41) is 0. The smallest absolute Gasteiger partial charge is 0.00899 e. The van der Waals surface area contributed by atoms with Gasteiger partial charge in [0.05, 0.1) is 0 Å². The van der Waals surface area contributed by atoms with Gasteiger partial charge in [-0.3, -0.25) is 0 Å². The van der Waals surface area contributed by atoms with Crippen LogP contribution in [0.15, 0.2) is 42.5 Å². The summed E-state index contributed by atoms with van der Waals surface area (Å²) in [6.45, 7) is 9.40. The van der Waals surface area contributed by atoms with Gasteiger partial charge in [0.15, 0.2) is 0 Å². The summed E-state index contributed by atoms with van der Waals surface area (Å²) in [4.78, 5) is 0. The molecule has 0 amide bonds. The molecule has 0 radical (unpaired) electrons. The van der Waals surface area contributed by atoms with Gasteiger partial charge in [-0.05, 0) is 47.4 Å². The minimum absolute atomic E-state index is 0.221. The van der Waals surface area contributed by atoms with E-state index in [0.717, 1.165) is 0 Å². The summed E-state index contributed by atoms with van der Waals surface area (Å²) in [7, 11) is 0. The average Bonchev–Trinajstić information content (AvgIpc) is 3.20. The fraction of sp³-hybridized carbons (Fsp3) is 0.478. The van der Waals surface area contributed by atoms with Gasteiger partial charge in [0, 0.05) is 11.8 Å². The van der Waals surface area contributed by atoms with E-state index in [4.69, 9.17) is 0 Å². The molecule has 23 heavy (non-hydrogen) atoms. The van der Waals surface area contributed by atoms with E-state index in [-0.39, 0.29) is 5.41 Å². The molecule has 3 rings (SSSR count). The van der Waals surface area contributed by atoms with Gasteiger partial charge < -0.3 is 0 Å². The Bertz CT molecular complexity index is 643. The number of unbranched alkanes of at least 4 members (excludes halogenated alkanes) is 2. The largest absolute Gasteiger partial charge is 0.0771 e. The van der Waals surface area contributed by atoms with Crippen molar-refractivity contribution < 1.29 is 0 Å². The van der Waals surface area contributed by atoms with E-state index in [1.165, 1.54) is 36.8 Å². The molecule has 0 nitrogen and oxygen atoms in total. The molecule has 0 aliphatic heterocycles. The van der Waals surface area contributed by atoms with E-state index in [9.17, 15) is 0 Å². The minimum Gasteiger partial charge on any atom is -0.0771 e. The van der Waals surface area contributed by atoms with Crippen LogP contribution in [0.4, 0.5) is 0 Å². The van der Waals surface area contributed by atoms with Crippen LogP contribution in [-0.4, -0.2) is 0 Å². The second-order valence-corrected chi connectivity index (χ2v) is 7.78. The van der Waals surface area contributed by atoms with Gasteiger partial charge in [-0.2, -0.15) is 0 Å². The Morgan fingerprint density at radius 1 is 1.00 bits per heavy atom. The molecule has 1 aromatic rings. The highest BCUT2D eigenvalue weighted by atomic mass is 14.4. The molecule has 0 saturated carbocycles. The number of rotatable bonds is 6. The molecule has 0 bridgehead atoms. The van der Waals surface area contributed by atoms with Gasteiger partial charge in [0.1, 0.15) is 0 Å². The molecule has 1 unspecified atom stereocenters. The summed E-state index contributed by atoms with van der Waals surface area (Å²) in [5.74, 6) is 1.05. The Labute approximate surface area is 142 Å². The zero-order valence-electron chi connectivity index (χ0n) is 15.1. The predicted molar refractivity (Wildman–Crippen MR) is 102 cm³/mol. The lowest BCUT2D eigenvalue weighted by Gasteiger charge is -2.37. The molecule has 122 valence electrons. The number of hydrogen-bond acceptors (Lipinski definition) is 0. The first kappa shape index (κ1) is 16.3. The molecule has 1 atom stereocenters. The lowest BCUT2D eigenvalue weighted by Crippen LogP contribution is -2.27. The molecule has 2 aliphatic carbocycles. The summed E-state index contributed by atoms with van der Waals surface area (Å²) in [6, 6.07) is 4.70. The molecule has 0 heterocycles. The Hall–Kier alpha value is -1.56. The van der Waals surface area contributed by atoms with Crippen LogP contribution < -0.4 is 0 Å². The summed E-state index contributed by atoms with van der Waals surface area (Å²) in [6.07, 6.45) is 19.1. The third-order valence-electron chi connectivity index (χ3n) is 5.82. The van der Waals surface area contributed by atoms with E-state index in [1.807, 2.05) is 0 Å². The Balaban J connectivity index is 1.96. The second-order valence-electron chi connectivity index (χ2n) is 7.78. The molecule has 1 aromatic carbocycles. The monoisotopic (exact) mass is 306 g/mol. The molecule has 0 N–H and O–H groups in total. The van der Waals surface area contributed by atoms with Gasteiger partial charge in [0.2, 0.25) is 0 Å². The third-order valence-corrected chi connectivity index (χ3v) is 5.82. The van der Waals surface area contributed by atoms with Crippen LogP contribution in [0.3, 0.4) is 0 Å². The van der Waals surface area contributed by atoms with Crippen molar-refractivity contribution in [1.82, 2.24) is 0 Å². The van der Waals surface area contributed by atoms with E-state index in [1.54, 1.807) is 11.1 Å². The highest BCUT2D eigenvalue weighted by Crippen LogP contribution is 2.50. The van der Waals surface area contributed by atoms with Gasteiger partial charge in [0.25, 0.3) is 0 Å². The molecular formula is C23H30. The van der Waals surface area contributed by atoms with Crippen molar-refractivity contribution in [2.75, 3.05) is 0 Å². The molecule has 0 saturated heterocycles. The Kier molecular flexibility index (Phi) is 4.62. The van der Waals surface area contributed by atoms with E-state index in [0.29, 0.717) is 11.8 Å². The van der Waals surface area contributed by atoms with Crippen LogP contribution in [0.5, 0.6) is 0 Å². The average molecular weight is 306 g/mol. The van der Waals surface area contributed by atoms with Gasteiger partial charge in [-0.15, -0.1) is 0 Å². The first-order valence-electron chi connectivity index (χ1n) is 9.21. The Morgan fingerprint density at radius 3 is 2.43 bits per heavy atom. The summed E-state index contributed by atoms with van der Waals surface area (Å²) < 4.78 is 0. The topological polar surface area (TPSA) is 0 Å². The Morgan fingerprint density at radius 2 is 1.74 bits per heavy atom. The number of benzene rings is 1. The van der Waals surface area contributed by atoms with Crippen molar-refractivity contribution in [2.45, 2.75) is 59.3 Å². The van der Waals surface area contributed by atoms with Gasteiger partial charge >= 0.3 is 0 Å². The fourth-order valence-corrected chi connectivity index (χ4v) is 4.21. The van der Waals surface area contributed by atoms with Crippen LogP contribution in [0.2, 0.25) is 0 Å². The van der Waals surface area contributed by atoms with E-state index >= 15 is 0 Å². The van der Waals surface area contributed by atoms with E-state index < -0.39 is 0 Å². The van der Waals surface area contributed by atoms with Crippen LogP contribution >= 0.6 is 0 Å². The molecule has 0 aromatic heterocycles. The fourth-order valence-electron chi connectivity index (χ4n) is 4.21. The second kappa shape index (κ2) is 6.51. The van der Waals surface area contributed by atoms with Crippen LogP contribution in [0.25, 0.3) is 6.08 Å². The van der Waals surface area contributed by atoms with Crippen molar-refractivity contribution in [3.05, 3.63) is 64.8 Å². The van der Waals surface area contributed by atoms with Crippen molar-refractivity contribution in [3.63, 3.8) is 0 Å². The maximum atomic E-state index is 2.46. The number of allylic oxidation sites excluding steroid dienone is 5. The first-order chi connectivity index (χ1) is 11.1. The van der Waals surface area contributed by atoms with Crippen LogP contribution in [-0.2, 0) is 6.42 Å². The molecule has 0 fully saturated rings. The molecular weight excluding hydrogens is 276 g/mol. The van der Waals surface area contributed by atoms with Crippen LogP contribution in [0.1, 0.15) is 68.2 Å². The minimum atomic E-state index is 0.221. The highest BCUT2D eigenvalue weighted by Gasteiger charge is 2.39. The first-order valence-corrected chi connectivity index (χ1v) is 9.21. The summed E-state index contributed by atoms with van der Waals surface area (Å²) in [5.41, 5.74) is 6.32. The maximum Gasteiger partial charge on any atom is 0.00899 e. The molecule has 2 aliphatic rings. The number of fused-ring (bicyclic) bond motifs is 1. The third kappa shape index (κ3) is 2.96. The number of hydrogen-bond donors (Lipinski definition) is 0. The van der Waals surface area contributed by atoms with Gasteiger partial charge in [-0.1, -0.05) is 82.2 Å². The SMILES string of the molecule is CCCCCc1ccc(C)c2c1C(C(C)(C)C1C=CC=C1)C=C2. The van der Waals surface area contributed by atoms with Crippen LogP contribution in [0, 0.1) is 18.3 Å². The van der Waals surface area contributed by atoms with E-state index in [2.05, 4.69) is 76.3 Å². The quantitative estimate of drug-likeness (QED) is 0.519. The predicted octanol–water partition coefficient (Wildman–Crippen LogP) is 6.61. The zero-order chi connectivity index (χ0) is 16.4. The number of aryl methyl sites for hydroxylation is 2. The maximum absolute atomic E-state index is 2.46.